The van der Waals surface area contributed by atoms with E-state index in [9.17, 15) is 9.59 Å². The van der Waals surface area contributed by atoms with Crippen LogP contribution in [0.25, 0.3) is 0 Å². The van der Waals surface area contributed by atoms with Crippen molar-refractivity contribution in [2.75, 3.05) is 25.9 Å². The van der Waals surface area contributed by atoms with Gasteiger partial charge in [-0.15, -0.1) is 0 Å². The quantitative estimate of drug-likeness (QED) is 0.808. The number of benzene rings is 1. The van der Waals surface area contributed by atoms with Crippen LogP contribution in [0.15, 0.2) is 12.1 Å². The van der Waals surface area contributed by atoms with Crippen LogP contribution in [-0.2, 0) is 4.74 Å². The second kappa shape index (κ2) is 6.03. The second-order valence-corrected chi connectivity index (χ2v) is 5.40. The average molecular weight is 291 g/mol. The Labute approximate surface area is 124 Å². The highest BCUT2D eigenvalue weighted by Gasteiger charge is 2.29. The van der Waals surface area contributed by atoms with Crippen molar-refractivity contribution in [2.45, 2.75) is 26.3 Å². The van der Waals surface area contributed by atoms with Gasteiger partial charge in [-0.2, -0.15) is 0 Å². The van der Waals surface area contributed by atoms with Crippen LogP contribution in [0.3, 0.4) is 0 Å². The summed E-state index contributed by atoms with van der Waals surface area (Å²) >= 11 is 0. The minimum atomic E-state index is -0.468. The number of nitrogens with zero attached hydrogens (tertiary/aromatic N) is 1. The zero-order valence-corrected chi connectivity index (χ0v) is 12.6. The van der Waals surface area contributed by atoms with Crippen LogP contribution in [0, 0.1) is 13.8 Å². The number of likely N-dealkylation sites (tertiary alicyclic amines) is 1. The molecule has 2 amide bonds. The van der Waals surface area contributed by atoms with Crippen molar-refractivity contribution in [1.82, 2.24) is 10.2 Å². The zero-order valence-electron chi connectivity index (χ0n) is 12.6. The molecule has 114 valence electrons. The average Bonchev–Trinajstić information content (AvgIpc) is 2.90. The lowest BCUT2D eigenvalue weighted by Crippen LogP contribution is -2.38. The first-order chi connectivity index (χ1) is 9.92. The fraction of sp³-hybridized carbons (Fsp3) is 0.467. The van der Waals surface area contributed by atoms with E-state index in [0.717, 1.165) is 17.5 Å². The summed E-state index contributed by atoms with van der Waals surface area (Å²) in [6.45, 7) is 4.92. The monoisotopic (exact) mass is 291 g/mol. The Hall–Kier alpha value is -2.24. The summed E-state index contributed by atoms with van der Waals surface area (Å²) in [5, 5.41) is 2.72. The summed E-state index contributed by atoms with van der Waals surface area (Å²) in [4.78, 5) is 25.5. The number of alkyl carbamates (subject to hydrolysis) is 1. The Morgan fingerprint density at radius 2 is 2.05 bits per heavy atom. The fourth-order valence-corrected chi connectivity index (χ4v) is 2.56. The summed E-state index contributed by atoms with van der Waals surface area (Å²) in [6.07, 6.45) is 0.256. The smallest absolute Gasteiger partial charge is 0.407 e. The lowest BCUT2D eigenvalue weighted by molar-refractivity contribution is 0.0787. The molecule has 0 radical (unpaired) electrons. The van der Waals surface area contributed by atoms with Gasteiger partial charge in [0.05, 0.1) is 13.2 Å². The maximum Gasteiger partial charge on any atom is 0.407 e. The summed E-state index contributed by atoms with van der Waals surface area (Å²) in [7, 11) is 1.33. The molecule has 1 unspecified atom stereocenters. The van der Waals surface area contributed by atoms with Crippen molar-refractivity contribution < 1.29 is 14.3 Å². The summed E-state index contributed by atoms with van der Waals surface area (Å²) < 4.78 is 4.57. The van der Waals surface area contributed by atoms with Gasteiger partial charge >= 0.3 is 6.09 Å². The lowest BCUT2D eigenvalue weighted by Gasteiger charge is -2.19. The highest BCUT2D eigenvalue weighted by atomic mass is 16.5. The number of nitrogen functional groups attached to an aromatic ring is 1. The molecule has 0 spiro atoms. The molecule has 0 saturated carbocycles. The number of hydrogen-bond acceptors (Lipinski definition) is 4. The Balaban J connectivity index is 2.08. The second-order valence-electron chi connectivity index (χ2n) is 5.40. The Kier molecular flexibility index (Phi) is 4.35. The number of carbonyl (C=O) groups excluding carboxylic acids is 2. The maximum absolute atomic E-state index is 12.6. The van der Waals surface area contributed by atoms with Gasteiger partial charge in [-0.3, -0.25) is 4.79 Å². The Morgan fingerprint density at radius 3 is 2.71 bits per heavy atom. The number of amides is 2. The van der Waals surface area contributed by atoms with E-state index in [1.54, 1.807) is 11.0 Å². The van der Waals surface area contributed by atoms with Gasteiger partial charge in [-0.1, -0.05) is 6.07 Å². The zero-order chi connectivity index (χ0) is 15.6. The van der Waals surface area contributed by atoms with E-state index in [-0.39, 0.29) is 11.9 Å². The molecule has 2 rings (SSSR count). The normalized spacial score (nSPS) is 17.7. The van der Waals surface area contributed by atoms with Crippen LogP contribution in [0.1, 0.15) is 27.9 Å². The first-order valence-electron chi connectivity index (χ1n) is 6.93. The molecule has 1 aliphatic heterocycles. The van der Waals surface area contributed by atoms with Gasteiger partial charge in [0.15, 0.2) is 0 Å². The molecule has 0 aliphatic carbocycles. The van der Waals surface area contributed by atoms with Crippen molar-refractivity contribution in [2.24, 2.45) is 0 Å². The third kappa shape index (κ3) is 3.26. The first kappa shape index (κ1) is 15.2. The standard InChI is InChI=1S/C15H21N3O3/c1-9-6-10(2)13(16)7-12(9)14(19)18-5-4-11(8-18)17-15(20)21-3/h6-7,11H,4-5,8,16H2,1-3H3,(H,17,20). The Bertz CT molecular complexity index is 572. The minimum Gasteiger partial charge on any atom is -0.453 e. The molecule has 21 heavy (non-hydrogen) atoms. The summed E-state index contributed by atoms with van der Waals surface area (Å²) in [5.41, 5.74) is 9.01. The SMILES string of the molecule is COC(=O)NC1CCN(C(=O)c2cc(N)c(C)cc2C)C1. The molecule has 1 aliphatic rings. The predicted octanol–water partition coefficient (Wildman–Crippen LogP) is 1.46. The van der Waals surface area contributed by atoms with Crippen molar-refractivity contribution in [3.8, 4) is 0 Å². The van der Waals surface area contributed by atoms with Gasteiger partial charge in [0, 0.05) is 24.3 Å². The van der Waals surface area contributed by atoms with Gasteiger partial charge in [0.25, 0.3) is 5.91 Å². The maximum atomic E-state index is 12.6. The van der Waals surface area contributed by atoms with Gasteiger partial charge < -0.3 is 20.7 Å². The van der Waals surface area contributed by atoms with Crippen molar-refractivity contribution in [1.29, 1.82) is 0 Å². The lowest BCUT2D eigenvalue weighted by atomic mass is 10.0. The van der Waals surface area contributed by atoms with E-state index >= 15 is 0 Å². The number of methoxy groups -OCH3 is 1. The number of nitrogens with two attached hydrogens (primary N) is 1. The molecule has 1 saturated heterocycles. The molecular weight excluding hydrogens is 270 g/mol. The van der Waals surface area contributed by atoms with E-state index in [1.807, 2.05) is 19.9 Å². The molecule has 1 aromatic rings. The molecule has 1 heterocycles. The third-order valence-corrected chi connectivity index (χ3v) is 3.83. The topological polar surface area (TPSA) is 84.7 Å². The van der Waals surface area contributed by atoms with E-state index in [0.29, 0.717) is 24.3 Å². The van der Waals surface area contributed by atoms with Crippen LogP contribution < -0.4 is 11.1 Å². The number of rotatable bonds is 2. The number of hydrogen-bond donors (Lipinski definition) is 2. The molecule has 3 N–H and O–H groups in total. The van der Waals surface area contributed by atoms with Crippen molar-refractivity contribution in [3.63, 3.8) is 0 Å². The molecule has 0 aromatic heterocycles. The van der Waals surface area contributed by atoms with E-state index in [1.165, 1.54) is 7.11 Å². The highest BCUT2D eigenvalue weighted by Crippen LogP contribution is 2.21. The third-order valence-electron chi connectivity index (χ3n) is 3.83. The summed E-state index contributed by atoms with van der Waals surface area (Å²) in [6, 6.07) is 3.58. The highest BCUT2D eigenvalue weighted by molar-refractivity contribution is 5.97. The van der Waals surface area contributed by atoms with Crippen LogP contribution in [0.4, 0.5) is 10.5 Å². The van der Waals surface area contributed by atoms with Crippen LogP contribution in [-0.4, -0.2) is 43.1 Å². The number of ether oxygens (including phenoxy) is 1. The largest absolute Gasteiger partial charge is 0.453 e. The molecule has 6 nitrogen and oxygen atoms in total. The number of nitrogens with one attached hydrogen (secondary N) is 1. The molecule has 1 aromatic carbocycles. The van der Waals surface area contributed by atoms with Crippen molar-refractivity contribution in [3.05, 3.63) is 28.8 Å². The van der Waals surface area contributed by atoms with Gasteiger partial charge in [-0.25, -0.2) is 4.79 Å². The predicted molar refractivity (Wildman–Crippen MR) is 80.2 cm³/mol. The minimum absolute atomic E-state index is 0.0478. The first-order valence-corrected chi connectivity index (χ1v) is 6.93. The van der Waals surface area contributed by atoms with E-state index in [4.69, 9.17) is 5.73 Å². The van der Waals surface area contributed by atoms with Gasteiger partial charge in [0.2, 0.25) is 0 Å². The van der Waals surface area contributed by atoms with E-state index < -0.39 is 6.09 Å². The molecular formula is C15H21N3O3. The van der Waals surface area contributed by atoms with Crippen LogP contribution >= 0.6 is 0 Å². The molecule has 0 bridgehead atoms. The molecule has 1 fully saturated rings. The van der Waals surface area contributed by atoms with Gasteiger partial charge in [0.1, 0.15) is 0 Å². The van der Waals surface area contributed by atoms with Gasteiger partial charge in [-0.05, 0) is 37.5 Å². The van der Waals surface area contributed by atoms with E-state index in [2.05, 4.69) is 10.1 Å². The van der Waals surface area contributed by atoms with Crippen LogP contribution in [0.5, 0.6) is 0 Å². The van der Waals surface area contributed by atoms with Crippen LogP contribution in [0.2, 0.25) is 0 Å². The summed E-state index contributed by atoms with van der Waals surface area (Å²) in [5.74, 6) is -0.0478. The fourth-order valence-electron chi connectivity index (χ4n) is 2.56. The molecule has 6 heteroatoms. The van der Waals surface area contributed by atoms with Crippen molar-refractivity contribution >= 4 is 17.7 Å². The Morgan fingerprint density at radius 1 is 1.33 bits per heavy atom. The number of anilines is 1. The molecule has 1 atom stereocenters. The number of aryl methyl sites for hydroxylation is 2. The number of carbonyl (C=O) groups is 2.